The lowest BCUT2D eigenvalue weighted by atomic mass is 10.1. The fourth-order valence-corrected chi connectivity index (χ4v) is 7.29. The standard InChI is InChI=1S/C25H27N5O3.C24H25N5O3/c1-3-17-7-4-5-8-20(17)29-24-18-13-22(32-2)23(14-21(18)28-15-19(24)25(26)31)33-12-6-10-30-11-9-27-16-30;1-3-16-6-4-5-7-19(16)28-23-17-12-21(31-2)22(32-11-10-29-9-8-26-15-29)13-20(17)27-14-18(23)24(25)30/h4-5,7-9,11,13-16H,3,6,10,12H2,1-2H3,(H2,26,31)(H,28,29);4-9,12-15H,3,10-11H2,1-2H3,(H2,25,30)(H,27,28). The van der Waals surface area contributed by atoms with Gasteiger partial charge in [0.25, 0.3) is 11.8 Å². The summed E-state index contributed by atoms with van der Waals surface area (Å²) in [5.74, 6) is 1.14. The Morgan fingerprint density at radius 3 is 1.51 bits per heavy atom. The number of carbonyl (C=O) groups excluding carboxylic acids is 2. The van der Waals surface area contributed by atoms with Gasteiger partial charge in [-0.25, -0.2) is 9.97 Å². The summed E-state index contributed by atoms with van der Waals surface area (Å²) in [6, 6.07) is 23.2. The second kappa shape index (κ2) is 21.3. The molecule has 0 aliphatic carbocycles. The normalized spacial score (nSPS) is 10.8. The smallest absolute Gasteiger partial charge is 0.252 e. The van der Waals surface area contributed by atoms with E-state index in [1.54, 1.807) is 39.3 Å². The van der Waals surface area contributed by atoms with Crippen molar-refractivity contribution in [2.24, 2.45) is 11.5 Å². The number of nitrogens with two attached hydrogens (primary N) is 2. The van der Waals surface area contributed by atoms with Crippen molar-refractivity contribution in [1.29, 1.82) is 0 Å². The lowest BCUT2D eigenvalue weighted by Crippen LogP contribution is -2.14. The van der Waals surface area contributed by atoms with Gasteiger partial charge in [-0.15, -0.1) is 0 Å². The molecule has 0 radical (unpaired) electrons. The average molecular weight is 877 g/mol. The number of hydrogen-bond donors (Lipinski definition) is 4. The van der Waals surface area contributed by atoms with Gasteiger partial charge in [-0.1, -0.05) is 50.2 Å². The van der Waals surface area contributed by atoms with E-state index in [4.69, 9.17) is 30.4 Å². The Kier molecular flexibility index (Phi) is 14.7. The number of nitrogens with zero attached hydrogens (tertiary/aromatic N) is 6. The molecular formula is C49H52N10O6. The predicted molar refractivity (Wildman–Crippen MR) is 252 cm³/mol. The minimum absolute atomic E-state index is 0.305. The number of hydrogen-bond acceptors (Lipinski definition) is 12. The molecule has 0 spiro atoms. The summed E-state index contributed by atoms with van der Waals surface area (Å²) in [6.07, 6.45) is 16.3. The quantitative estimate of drug-likeness (QED) is 0.0567. The average Bonchev–Trinajstić information content (AvgIpc) is 4.06. The van der Waals surface area contributed by atoms with Crippen LogP contribution in [0.5, 0.6) is 23.0 Å². The molecule has 0 atom stereocenters. The number of benzene rings is 4. The molecule has 4 aromatic carbocycles. The number of ether oxygens (including phenoxy) is 4. The second-order valence-electron chi connectivity index (χ2n) is 14.8. The predicted octanol–water partition coefficient (Wildman–Crippen LogP) is 8.24. The molecule has 334 valence electrons. The van der Waals surface area contributed by atoms with Crippen LogP contribution in [-0.2, 0) is 25.9 Å². The molecule has 0 aliphatic heterocycles. The molecule has 6 N–H and O–H groups in total. The van der Waals surface area contributed by atoms with E-state index in [0.717, 1.165) is 53.7 Å². The van der Waals surface area contributed by atoms with E-state index in [0.29, 0.717) is 81.7 Å². The van der Waals surface area contributed by atoms with Crippen LogP contribution in [0.2, 0.25) is 0 Å². The zero-order valence-electron chi connectivity index (χ0n) is 36.8. The van der Waals surface area contributed by atoms with Gasteiger partial charge < -0.3 is 50.2 Å². The topological polar surface area (TPSA) is 209 Å². The number of anilines is 4. The molecular weight excluding hydrogens is 825 g/mol. The number of para-hydroxylation sites is 2. The highest BCUT2D eigenvalue weighted by molar-refractivity contribution is 6.09. The number of carbonyl (C=O) groups is 2. The van der Waals surface area contributed by atoms with Gasteiger partial charge in [0.2, 0.25) is 0 Å². The van der Waals surface area contributed by atoms with Gasteiger partial charge >= 0.3 is 0 Å². The maximum absolute atomic E-state index is 12.2. The third-order valence-corrected chi connectivity index (χ3v) is 10.7. The molecule has 16 nitrogen and oxygen atoms in total. The van der Waals surface area contributed by atoms with Crippen LogP contribution >= 0.6 is 0 Å². The van der Waals surface area contributed by atoms with Gasteiger partial charge in [0.15, 0.2) is 23.0 Å². The lowest BCUT2D eigenvalue weighted by Gasteiger charge is -2.17. The Balaban J connectivity index is 0.000000194. The SMILES string of the molecule is CCc1ccccc1Nc1c(C(N)=O)cnc2cc(OCCCn3ccnc3)c(OC)cc12.CCc1ccccc1Nc1c(C(N)=O)cnc2cc(OCCn3ccnc3)c(OC)cc12. The molecule has 4 aromatic heterocycles. The van der Waals surface area contributed by atoms with Gasteiger partial charge in [-0.2, -0.15) is 0 Å². The summed E-state index contributed by atoms with van der Waals surface area (Å²) in [4.78, 5) is 41.3. The first-order chi connectivity index (χ1) is 31.7. The van der Waals surface area contributed by atoms with Crippen LogP contribution in [0, 0.1) is 0 Å². The van der Waals surface area contributed by atoms with E-state index in [1.165, 1.54) is 12.4 Å². The first kappa shape index (κ1) is 44.9. The van der Waals surface area contributed by atoms with E-state index in [9.17, 15) is 9.59 Å². The van der Waals surface area contributed by atoms with E-state index < -0.39 is 11.8 Å². The van der Waals surface area contributed by atoms with Gasteiger partial charge in [-0.3, -0.25) is 19.6 Å². The Hall–Kier alpha value is -8.14. The zero-order valence-corrected chi connectivity index (χ0v) is 36.8. The number of primary amides is 2. The molecule has 8 aromatic rings. The molecule has 0 fully saturated rings. The molecule has 0 bridgehead atoms. The highest BCUT2D eigenvalue weighted by Gasteiger charge is 2.20. The third kappa shape index (κ3) is 10.7. The van der Waals surface area contributed by atoms with E-state index >= 15 is 0 Å². The first-order valence-corrected chi connectivity index (χ1v) is 21.2. The second-order valence-corrected chi connectivity index (χ2v) is 14.8. The van der Waals surface area contributed by atoms with Crippen LogP contribution in [0.1, 0.15) is 52.1 Å². The molecule has 65 heavy (non-hydrogen) atoms. The Morgan fingerprint density at radius 2 is 1.08 bits per heavy atom. The Labute approximate surface area is 376 Å². The summed E-state index contributed by atoms with van der Waals surface area (Å²) in [5.41, 5.74) is 18.5. The highest BCUT2D eigenvalue weighted by Crippen LogP contribution is 2.39. The summed E-state index contributed by atoms with van der Waals surface area (Å²) in [6.45, 7) is 6.56. The number of aryl methyl sites for hydroxylation is 3. The van der Waals surface area contributed by atoms with Crippen LogP contribution < -0.4 is 41.0 Å². The maximum Gasteiger partial charge on any atom is 0.252 e. The first-order valence-electron chi connectivity index (χ1n) is 21.2. The van der Waals surface area contributed by atoms with Crippen molar-refractivity contribution in [3.63, 3.8) is 0 Å². The van der Waals surface area contributed by atoms with Gasteiger partial charge in [0.05, 0.1) is 73.6 Å². The van der Waals surface area contributed by atoms with Crippen molar-refractivity contribution in [3.8, 4) is 23.0 Å². The minimum atomic E-state index is -0.560. The number of methoxy groups -OCH3 is 2. The summed E-state index contributed by atoms with van der Waals surface area (Å²) in [5, 5.41) is 8.25. The van der Waals surface area contributed by atoms with E-state index in [1.807, 2.05) is 94.3 Å². The van der Waals surface area contributed by atoms with Crippen LogP contribution in [0.4, 0.5) is 22.7 Å². The number of nitrogens with one attached hydrogen (secondary N) is 2. The number of rotatable bonds is 19. The summed E-state index contributed by atoms with van der Waals surface area (Å²) < 4.78 is 27.1. The summed E-state index contributed by atoms with van der Waals surface area (Å²) >= 11 is 0. The molecule has 2 amide bonds. The van der Waals surface area contributed by atoms with Gasteiger partial charge in [0, 0.05) is 78.0 Å². The fourth-order valence-electron chi connectivity index (χ4n) is 7.29. The van der Waals surface area contributed by atoms with E-state index in [-0.39, 0.29) is 0 Å². The van der Waals surface area contributed by atoms with Crippen LogP contribution in [-0.4, -0.2) is 68.3 Å². The largest absolute Gasteiger partial charge is 0.493 e. The minimum Gasteiger partial charge on any atom is -0.493 e. The van der Waals surface area contributed by atoms with Crippen LogP contribution in [0.3, 0.4) is 0 Å². The van der Waals surface area contributed by atoms with Crippen molar-refractivity contribution in [2.75, 3.05) is 38.1 Å². The fraction of sp³-hybridized carbons (Fsp3) is 0.224. The monoisotopic (exact) mass is 876 g/mol. The Morgan fingerprint density at radius 1 is 0.615 bits per heavy atom. The lowest BCUT2D eigenvalue weighted by molar-refractivity contribution is 0.0992. The third-order valence-electron chi connectivity index (χ3n) is 10.7. The van der Waals surface area contributed by atoms with Crippen molar-refractivity contribution in [3.05, 3.63) is 145 Å². The number of aromatic nitrogens is 6. The van der Waals surface area contributed by atoms with Gasteiger partial charge in [-0.05, 0) is 54.7 Å². The number of pyridine rings is 2. The Bertz CT molecular complexity index is 2880. The van der Waals surface area contributed by atoms with Crippen molar-refractivity contribution < 1.29 is 28.5 Å². The van der Waals surface area contributed by atoms with Crippen LogP contribution in [0.25, 0.3) is 21.8 Å². The number of imidazole rings is 2. The zero-order chi connectivity index (χ0) is 45.7. The molecule has 8 rings (SSSR count). The van der Waals surface area contributed by atoms with Crippen molar-refractivity contribution >= 4 is 56.4 Å². The molecule has 0 unspecified atom stereocenters. The number of fused-ring (bicyclic) bond motifs is 2. The molecule has 16 heteroatoms. The molecule has 0 saturated heterocycles. The molecule has 0 saturated carbocycles. The van der Waals surface area contributed by atoms with Crippen molar-refractivity contribution in [1.82, 2.24) is 29.1 Å². The van der Waals surface area contributed by atoms with E-state index in [2.05, 4.69) is 44.4 Å². The highest BCUT2D eigenvalue weighted by atomic mass is 16.5. The summed E-state index contributed by atoms with van der Waals surface area (Å²) in [7, 11) is 3.17. The number of amides is 2. The van der Waals surface area contributed by atoms with Crippen molar-refractivity contribution in [2.45, 2.75) is 46.2 Å². The van der Waals surface area contributed by atoms with Crippen LogP contribution in [0.15, 0.2) is 123 Å². The molecule has 4 heterocycles. The maximum atomic E-state index is 12.2. The van der Waals surface area contributed by atoms with Gasteiger partial charge in [0.1, 0.15) is 6.61 Å². The molecule has 0 aliphatic rings.